The van der Waals surface area contributed by atoms with E-state index in [4.69, 9.17) is 10.5 Å². The maximum absolute atomic E-state index is 12.7. The maximum Gasteiger partial charge on any atom is 0.306 e. The Bertz CT molecular complexity index is 727. The number of hydrogen-bond donors (Lipinski definition) is 3. The van der Waals surface area contributed by atoms with E-state index in [-0.39, 0.29) is 37.2 Å². The Balaban J connectivity index is 2.32. The molecule has 0 fully saturated rings. The van der Waals surface area contributed by atoms with Crippen LogP contribution < -0.4 is 16.4 Å². The van der Waals surface area contributed by atoms with Crippen molar-refractivity contribution >= 4 is 17.8 Å². The topological polar surface area (TPSA) is 111 Å². The lowest BCUT2D eigenvalue weighted by molar-refractivity contribution is -0.145. The summed E-state index contributed by atoms with van der Waals surface area (Å²) in [5, 5.41) is 5.69. The third-order valence-corrected chi connectivity index (χ3v) is 6.47. The summed E-state index contributed by atoms with van der Waals surface area (Å²) in [4.78, 5) is 37.4. The standard InChI is InChI=1S/C30H51N3O4/c1-2-3-4-5-6-7-8-9-10-11-15-20-28(34)33-27(30(36)32-24-17-16-23-31)21-22-29(35)37-25-26-18-13-12-14-19-26/h12-14,18-19,27H,2-11,15-17,20-25,31H2,1H3,(H,32,36)(H,33,34)/t27-/m1/s1. The molecular formula is C30H51N3O4. The molecule has 0 radical (unpaired) electrons. The summed E-state index contributed by atoms with van der Waals surface area (Å²) in [5.74, 6) is -0.791. The number of hydrogen-bond acceptors (Lipinski definition) is 5. The van der Waals surface area contributed by atoms with Gasteiger partial charge in [-0.1, -0.05) is 101 Å². The van der Waals surface area contributed by atoms with Gasteiger partial charge in [0.05, 0.1) is 0 Å². The first-order chi connectivity index (χ1) is 18.1. The first kappa shape index (κ1) is 32.6. The van der Waals surface area contributed by atoms with Gasteiger partial charge in [0.1, 0.15) is 12.6 Å². The summed E-state index contributed by atoms with van der Waals surface area (Å²) in [6.07, 6.45) is 15.7. The van der Waals surface area contributed by atoms with Gasteiger partial charge in [0.15, 0.2) is 0 Å². The van der Waals surface area contributed by atoms with Gasteiger partial charge in [-0.2, -0.15) is 0 Å². The van der Waals surface area contributed by atoms with Crippen LogP contribution in [0, 0.1) is 0 Å². The van der Waals surface area contributed by atoms with Crippen LogP contribution in [0.2, 0.25) is 0 Å². The van der Waals surface area contributed by atoms with E-state index in [0.29, 0.717) is 19.5 Å². The molecule has 1 atom stereocenters. The van der Waals surface area contributed by atoms with Gasteiger partial charge in [0.2, 0.25) is 11.8 Å². The highest BCUT2D eigenvalue weighted by molar-refractivity contribution is 5.88. The minimum Gasteiger partial charge on any atom is -0.461 e. The van der Waals surface area contributed by atoms with Crippen LogP contribution in [0.15, 0.2) is 30.3 Å². The van der Waals surface area contributed by atoms with Crippen LogP contribution in [0.5, 0.6) is 0 Å². The van der Waals surface area contributed by atoms with Gasteiger partial charge in [-0.15, -0.1) is 0 Å². The number of benzene rings is 1. The van der Waals surface area contributed by atoms with Crippen molar-refractivity contribution in [1.29, 1.82) is 0 Å². The molecule has 7 heteroatoms. The van der Waals surface area contributed by atoms with Crippen LogP contribution in [0.25, 0.3) is 0 Å². The number of nitrogens with two attached hydrogens (primary N) is 1. The normalized spacial score (nSPS) is 11.6. The van der Waals surface area contributed by atoms with Gasteiger partial charge in [-0.05, 0) is 37.8 Å². The predicted octanol–water partition coefficient (Wildman–Crippen LogP) is 5.55. The Morgan fingerprint density at radius 3 is 2.05 bits per heavy atom. The quantitative estimate of drug-likeness (QED) is 0.130. The van der Waals surface area contributed by atoms with E-state index < -0.39 is 6.04 Å². The molecule has 1 aromatic carbocycles. The zero-order valence-corrected chi connectivity index (χ0v) is 23.1. The smallest absolute Gasteiger partial charge is 0.306 e. The molecule has 37 heavy (non-hydrogen) atoms. The first-order valence-corrected chi connectivity index (χ1v) is 14.5. The molecule has 0 heterocycles. The summed E-state index contributed by atoms with van der Waals surface area (Å²) in [7, 11) is 0. The van der Waals surface area contributed by atoms with E-state index in [0.717, 1.165) is 37.7 Å². The summed E-state index contributed by atoms with van der Waals surface area (Å²) < 4.78 is 5.32. The summed E-state index contributed by atoms with van der Waals surface area (Å²) in [5.41, 5.74) is 6.42. The minimum atomic E-state index is -0.748. The molecule has 1 aromatic rings. The van der Waals surface area contributed by atoms with Crippen molar-refractivity contribution in [2.24, 2.45) is 5.73 Å². The molecule has 7 nitrogen and oxygen atoms in total. The highest BCUT2D eigenvalue weighted by Gasteiger charge is 2.22. The molecular weight excluding hydrogens is 466 g/mol. The van der Waals surface area contributed by atoms with E-state index in [1.807, 2.05) is 30.3 Å². The lowest BCUT2D eigenvalue weighted by Crippen LogP contribution is -2.47. The van der Waals surface area contributed by atoms with E-state index in [9.17, 15) is 14.4 Å². The van der Waals surface area contributed by atoms with Crippen molar-refractivity contribution < 1.29 is 19.1 Å². The van der Waals surface area contributed by atoms with Gasteiger partial charge in [0.25, 0.3) is 0 Å². The first-order valence-electron chi connectivity index (χ1n) is 14.5. The van der Waals surface area contributed by atoms with E-state index in [1.165, 1.54) is 51.4 Å². The van der Waals surface area contributed by atoms with E-state index >= 15 is 0 Å². The lowest BCUT2D eigenvalue weighted by atomic mass is 10.0. The van der Waals surface area contributed by atoms with Crippen molar-refractivity contribution in [3.05, 3.63) is 35.9 Å². The van der Waals surface area contributed by atoms with Crippen molar-refractivity contribution in [1.82, 2.24) is 10.6 Å². The highest BCUT2D eigenvalue weighted by Crippen LogP contribution is 2.12. The van der Waals surface area contributed by atoms with Crippen molar-refractivity contribution in [2.75, 3.05) is 13.1 Å². The second kappa shape index (κ2) is 22.8. The average Bonchev–Trinajstić information content (AvgIpc) is 2.91. The third kappa shape index (κ3) is 18.5. The Kier molecular flexibility index (Phi) is 20.1. The molecule has 0 saturated heterocycles. The van der Waals surface area contributed by atoms with Crippen LogP contribution >= 0.6 is 0 Å². The molecule has 0 aliphatic carbocycles. The number of rotatable bonds is 23. The molecule has 0 spiro atoms. The molecule has 2 amide bonds. The van der Waals surface area contributed by atoms with Gasteiger partial charge in [-0.25, -0.2) is 0 Å². The monoisotopic (exact) mass is 517 g/mol. The second-order valence-electron chi connectivity index (χ2n) is 9.88. The van der Waals surface area contributed by atoms with Gasteiger partial charge >= 0.3 is 5.97 Å². The fourth-order valence-corrected chi connectivity index (χ4v) is 4.16. The van der Waals surface area contributed by atoms with Crippen molar-refractivity contribution in [2.45, 2.75) is 122 Å². The van der Waals surface area contributed by atoms with Crippen LogP contribution in [-0.4, -0.2) is 36.9 Å². The summed E-state index contributed by atoms with van der Waals surface area (Å²) in [6, 6.07) is 8.71. The number of ether oxygens (including phenoxy) is 1. The van der Waals surface area contributed by atoms with Gasteiger partial charge in [-0.3, -0.25) is 14.4 Å². The summed E-state index contributed by atoms with van der Waals surface area (Å²) >= 11 is 0. The van der Waals surface area contributed by atoms with Crippen LogP contribution in [0.1, 0.15) is 115 Å². The zero-order chi connectivity index (χ0) is 27.0. The van der Waals surface area contributed by atoms with Crippen LogP contribution in [0.4, 0.5) is 0 Å². The molecule has 210 valence electrons. The average molecular weight is 518 g/mol. The fraction of sp³-hybridized carbons (Fsp3) is 0.700. The van der Waals surface area contributed by atoms with E-state index in [2.05, 4.69) is 17.6 Å². The molecule has 4 N–H and O–H groups in total. The number of amides is 2. The maximum atomic E-state index is 12.7. The number of nitrogens with one attached hydrogen (secondary N) is 2. The highest BCUT2D eigenvalue weighted by atomic mass is 16.5. The molecule has 0 saturated carbocycles. The number of carbonyl (C=O) groups is 3. The molecule has 0 aromatic heterocycles. The minimum absolute atomic E-state index is 0.0619. The molecule has 1 rings (SSSR count). The number of carbonyl (C=O) groups excluding carboxylic acids is 3. The van der Waals surface area contributed by atoms with Crippen LogP contribution in [0.3, 0.4) is 0 Å². The molecule has 0 unspecified atom stereocenters. The molecule has 0 aliphatic heterocycles. The van der Waals surface area contributed by atoms with Gasteiger partial charge < -0.3 is 21.1 Å². The molecule has 0 bridgehead atoms. The predicted molar refractivity (Wildman–Crippen MR) is 150 cm³/mol. The van der Waals surface area contributed by atoms with Crippen molar-refractivity contribution in [3.63, 3.8) is 0 Å². The van der Waals surface area contributed by atoms with Crippen molar-refractivity contribution in [3.8, 4) is 0 Å². The fourth-order valence-electron chi connectivity index (χ4n) is 4.16. The van der Waals surface area contributed by atoms with Crippen LogP contribution in [-0.2, 0) is 25.7 Å². The zero-order valence-electron chi connectivity index (χ0n) is 23.1. The second-order valence-corrected chi connectivity index (χ2v) is 9.88. The Hall–Kier alpha value is -2.41. The van der Waals surface area contributed by atoms with E-state index in [1.54, 1.807) is 0 Å². The SMILES string of the molecule is CCCCCCCCCCCCCC(=O)N[C@H](CCC(=O)OCc1ccccc1)C(=O)NCCCCN. The number of esters is 1. The largest absolute Gasteiger partial charge is 0.461 e. The Labute approximate surface area is 224 Å². The Morgan fingerprint density at radius 1 is 0.811 bits per heavy atom. The lowest BCUT2D eigenvalue weighted by Gasteiger charge is -2.18. The van der Waals surface area contributed by atoms with Gasteiger partial charge in [0, 0.05) is 19.4 Å². The summed E-state index contributed by atoms with van der Waals surface area (Å²) in [6.45, 7) is 3.51. The number of unbranched alkanes of at least 4 members (excludes halogenated alkanes) is 11. The molecule has 0 aliphatic rings. The Morgan fingerprint density at radius 2 is 1.43 bits per heavy atom. The third-order valence-electron chi connectivity index (χ3n) is 6.47.